The summed E-state index contributed by atoms with van der Waals surface area (Å²) in [5, 5.41) is 12.3. The minimum atomic E-state index is -0.523. The highest BCUT2D eigenvalue weighted by Gasteiger charge is 2.29. The number of rotatable bonds is 4. The van der Waals surface area contributed by atoms with E-state index in [1.165, 1.54) is 4.88 Å². The average molecular weight is 198 g/mol. The summed E-state index contributed by atoms with van der Waals surface area (Å²) in [6, 6.07) is 4.13. The third-order valence-corrected chi connectivity index (χ3v) is 3.62. The maximum atomic E-state index is 10.3. The van der Waals surface area contributed by atoms with Gasteiger partial charge in [0, 0.05) is 11.3 Å². The second-order valence-corrected chi connectivity index (χ2v) is 4.90. The Morgan fingerprint density at radius 1 is 1.54 bits per heavy atom. The molecule has 0 saturated heterocycles. The van der Waals surface area contributed by atoms with Crippen LogP contribution in [0.5, 0.6) is 0 Å². The lowest BCUT2D eigenvalue weighted by molar-refractivity contribution is -0.00758. The van der Waals surface area contributed by atoms with Gasteiger partial charge in [-0.15, -0.1) is 11.3 Å². The molecule has 0 aromatic carbocycles. The van der Waals surface area contributed by atoms with Crippen LogP contribution < -0.4 is 0 Å². The van der Waals surface area contributed by atoms with Gasteiger partial charge in [0.2, 0.25) is 0 Å². The van der Waals surface area contributed by atoms with Crippen molar-refractivity contribution in [3.05, 3.63) is 22.4 Å². The lowest BCUT2D eigenvalue weighted by Gasteiger charge is -2.30. The summed E-state index contributed by atoms with van der Waals surface area (Å²) in [4.78, 5) is 1.28. The van der Waals surface area contributed by atoms with E-state index in [0.717, 1.165) is 12.8 Å². The van der Waals surface area contributed by atoms with Crippen molar-refractivity contribution in [2.45, 2.75) is 39.2 Å². The number of hydrogen-bond acceptors (Lipinski definition) is 2. The molecule has 0 amide bonds. The molecule has 0 spiro atoms. The Morgan fingerprint density at radius 3 is 2.62 bits per heavy atom. The van der Waals surface area contributed by atoms with Gasteiger partial charge in [0.25, 0.3) is 0 Å². The summed E-state index contributed by atoms with van der Waals surface area (Å²) >= 11 is 1.72. The van der Waals surface area contributed by atoms with Crippen molar-refractivity contribution in [1.82, 2.24) is 0 Å². The van der Waals surface area contributed by atoms with Crippen LogP contribution in [0.1, 0.15) is 32.1 Å². The van der Waals surface area contributed by atoms with E-state index in [1.54, 1.807) is 11.3 Å². The monoisotopic (exact) mass is 198 g/mol. The molecule has 1 aromatic heterocycles. The van der Waals surface area contributed by atoms with Crippen molar-refractivity contribution in [2.75, 3.05) is 0 Å². The van der Waals surface area contributed by atoms with Gasteiger partial charge in [-0.05, 0) is 23.8 Å². The molecular weight excluding hydrogens is 180 g/mol. The van der Waals surface area contributed by atoms with Gasteiger partial charge < -0.3 is 5.11 Å². The Labute approximate surface area is 84.4 Å². The maximum absolute atomic E-state index is 10.3. The van der Waals surface area contributed by atoms with Gasteiger partial charge in [-0.3, -0.25) is 0 Å². The Bertz CT molecular complexity index is 241. The molecule has 0 aliphatic rings. The van der Waals surface area contributed by atoms with Crippen LogP contribution in [0.25, 0.3) is 0 Å². The molecule has 1 N–H and O–H groups in total. The Morgan fingerprint density at radius 2 is 2.23 bits per heavy atom. The summed E-state index contributed by atoms with van der Waals surface area (Å²) < 4.78 is 0. The van der Waals surface area contributed by atoms with E-state index < -0.39 is 5.60 Å². The van der Waals surface area contributed by atoms with Crippen LogP contribution in [0.15, 0.2) is 17.5 Å². The molecule has 1 nitrogen and oxygen atoms in total. The van der Waals surface area contributed by atoms with E-state index in [-0.39, 0.29) is 0 Å². The largest absolute Gasteiger partial charge is 0.389 e. The van der Waals surface area contributed by atoms with Gasteiger partial charge in [-0.1, -0.05) is 26.8 Å². The van der Waals surface area contributed by atoms with E-state index in [4.69, 9.17) is 0 Å². The summed E-state index contributed by atoms with van der Waals surface area (Å²) in [5.74, 6) is 0.319. The van der Waals surface area contributed by atoms with Gasteiger partial charge >= 0.3 is 0 Å². The summed E-state index contributed by atoms with van der Waals surface area (Å²) in [7, 11) is 0. The van der Waals surface area contributed by atoms with E-state index in [0.29, 0.717) is 5.92 Å². The van der Waals surface area contributed by atoms with Gasteiger partial charge in [0.05, 0.1) is 5.60 Å². The third-order valence-electron chi connectivity index (χ3n) is 2.75. The van der Waals surface area contributed by atoms with Crippen LogP contribution in [0.3, 0.4) is 0 Å². The van der Waals surface area contributed by atoms with Crippen LogP contribution in [0, 0.1) is 5.92 Å². The topological polar surface area (TPSA) is 20.2 Å². The first kappa shape index (κ1) is 10.7. The molecule has 0 bridgehead atoms. The molecule has 1 aromatic rings. The van der Waals surface area contributed by atoms with Gasteiger partial charge in [0.1, 0.15) is 0 Å². The fraction of sp³-hybridized carbons (Fsp3) is 0.636. The lowest BCUT2D eigenvalue weighted by atomic mass is 9.84. The first-order chi connectivity index (χ1) is 6.08. The number of thiophene rings is 1. The van der Waals surface area contributed by atoms with Crippen LogP contribution in [0.4, 0.5) is 0 Å². The van der Waals surface area contributed by atoms with E-state index in [9.17, 15) is 5.11 Å². The second-order valence-electron chi connectivity index (χ2n) is 3.87. The summed E-state index contributed by atoms with van der Waals surface area (Å²) in [6.45, 7) is 6.21. The molecule has 0 aliphatic heterocycles. The van der Waals surface area contributed by atoms with Gasteiger partial charge in [-0.25, -0.2) is 0 Å². The van der Waals surface area contributed by atoms with E-state index >= 15 is 0 Å². The normalized spacial score (nSPS) is 16.1. The predicted molar refractivity (Wildman–Crippen MR) is 58.1 cm³/mol. The van der Waals surface area contributed by atoms with Crippen molar-refractivity contribution in [2.24, 2.45) is 5.92 Å². The van der Waals surface area contributed by atoms with Crippen molar-refractivity contribution in [3.63, 3.8) is 0 Å². The molecule has 74 valence electrons. The Hall–Kier alpha value is -0.340. The molecule has 0 fully saturated rings. The highest BCUT2D eigenvalue weighted by atomic mass is 32.1. The van der Waals surface area contributed by atoms with E-state index in [1.807, 2.05) is 13.0 Å². The molecular formula is C11H18OS. The zero-order valence-electron chi connectivity index (χ0n) is 8.58. The molecule has 0 saturated carbocycles. The van der Waals surface area contributed by atoms with Gasteiger partial charge in [0.15, 0.2) is 0 Å². The fourth-order valence-electron chi connectivity index (χ4n) is 1.45. The van der Waals surface area contributed by atoms with Crippen molar-refractivity contribution < 1.29 is 5.11 Å². The van der Waals surface area contributed by atoms with Crippen molar-refractivity contribution >= 4 is 11.3 Å². The van der Waals surface area contributed by atoms with Crippen LogP contribution in [0.2, 0.25) is 0 Å². The summed E-state index contributed by atoms with van der Waals surface area (Å²) in [5.41, 5.74) is -0.523. The molecule has 13 heavy (non-hydrogen) atoms. The Balaban J connectivity index is 2.69. The first-order valence-corrected chi connectivity index (χ1v) is 5.71. The molecule has 1 unspecified atom stereocenters. The quantitative estimate of drug-likeness (QED) is 0.788. The highest BCUT2D eigenvalue weighted by molar-refractivity contribution is 7.09. The SMILES string of the molecule is CCC(O)(Cc1cccs1)C(C)C. The minimum absolute atomic E-state index is 0.319. The second kappa shape index (κ2) is 4.25. The zero-order chi connectivity index (χ0) is 9.90. The Kier molecular flexibility index (Phi) is 3.51. The summed E-state index contributed by atoms with van der Waals surface area (Å²) in [6.07, 6.45) is 1.61. The third kappa shape index (κ3) is 2.55. The van der Waals surface area contributed by atoms with Crippen LogP contribution in [-0.4, -0.2) is 10.7 Å². The van der Waals surface area contributed by atoms with Crippen LogP contribution >= 0.6 is 11.3 Å². The van der Waals surface area contributed by atoms with E-state index in [2.05, 4.69) is 25.3 Å². The highest BCUT2D eigenvalue weighted by Crippen LogP contribution is 2.27. The molecule has 0 aliphatic carbocycles. The van der Waals surface area contributed by atoms with Crippen molar-refractivity contribution in [3.8, 4) is 0 Å². The minimum Gasteiger partial charge on any atom is -0.389 e. The standard InChI is InChI=1S/C11H18OS/c1-4-11(12,9(2)3)8-10-6-5-7-13-10/h5-7,9,12H,4,8H2,1-3H3. The first-order valence-electron chi connectivity index (χ1n) is 4.83. The molecule has 1 atom stereocenters. The molecule has 2 heteroatoms. The van der Waals surface area contributed by atoms with Crippen LogP contribution in [-0.2, 0) is 6.42 Å². The fourth-order valence-corrected chi connectivity index (χ4v) is 2.27. The average Bonchev–Trinajstić information content (AvgIpc) is 2.56. The maximum Gasteiger partial charge on any atom is 0.0715 e. The van der Waals surface area contributed by atoms with Gasteiger partial charge in [-0.2, -0.15) is 0 Å². The molecule has 1 heterocycles. The molecule has 1 rings (SSSR count). The predicted octanol–water partition coefficient (Wildman–Crippen LogP) is 3.09. The number of hydrogen-bond donors (Lipinski definition) is 1. The lowest BCUT2D eigenvalue weighted by Crippen LogP contribution is -2.36. The van der Waals surface area contributed by atoms with Crippen molar-refractivity contribution in [1.29, 1.82) is 0 Å². The number of aliphatic hydroxyl groups is 1. The zero-order valence-corrected chi connectivity index (χ0v) is 9.40. The smallest absolute Gasteiger partial charge is 0.0715 e. The molecule has 0 radical (unpaired) electrons.